The van der Waals surface area contributed by atoms with E-state index < -0.39 is 0 Å². The zero-order valence-corrected chi connectivity index (χ0v) is 14.2. The van der Waals surface area contributed by atoms with Gasteiger partial charge >= 0.3 is 0 Å². The Balaban J connectivity index is 1.36. The van der Waals surface area contributed by atoms with E-state index >= 15 is 0 Å². The Morgan fingerprint density at radius 2 is 2.42 bits per heavy atom. The first-order valence-electron chi connectivity index (χ1n) is 7.97. The Labute approximate surface area is 143 Å². The van der Waals surface area contributed by atoms with E-state index in [0.717, 1.165) is 47.4 Å². The van der Waals surface area contributed by atoms with Gasteiger partial charge in [0.2, 0.25) is 5.91 Å². The summed E-state index contributed by atoms with van der Waals surface area (Å²) in [6, 6.07) is 3.86. The number of rotatable bonds is 4. The number of aromatic nitrogens is 3. The molecule has 24 heavy (non-hydrogen) atoms. The van der Waals surface area contributed by atoms with Crippen molar-refractivity contribution in [2.24, 2.45) is 0 Å². The molecule has 0 spiro atoms. The number of imidazole rings is 1. The number of fused-ring (bicyclic) bond motifs is 1. The Bertz CT molecular complexity index is 850. The molecule has 3 aromatic rings. The number of nitrogens with zero attached hydrogens (tertiary/aromatic N) is 3. The Morgan fingerprint density at radius 1 is 1.50 bits per heavy atom. The fraction of sp³-hybridized carbons (Fsp3) is 0.353. The highest BCUT2D eigenvalue weighted by atomic mass is 32.1. The standard InChI is InChI=1S/C17H18N4O2S/c1-11-8-21-9-12(4-5-15(21)18-11)19-16(22)7-13-10-24-17(20-13)14-3-2-6-23-14/h2-3,6,8,10,12H,4-5,7,9H2,1H3,(H,19,22). The molecule has 1 unspecified atom stereocenters. The summed E-state index contributed by atoms with van der Waals surface area (Å²) in [4.78, 5) is 21.3. The molecule has 1 aliphatic rings. The van der Waals surface area contributed by atoms with Crippen LogP contribution in [0.25, 0.3) is 10.8 Å². The first-order valence-corrected chi connectivity index (χ1v) is 8.85. The molecule has 0 radical (unpaired) electrons. The summed E-state index contributed by atoms with van der Waals surface area (Å²) in [7, 11) is 0. The fourth-order valence-corrected chi connectivity index (χ4v) is 3.83. The van der Waals surface area contributed by atoms with Crippen LogP contribution in [0.5, 0.6) is 0 Å². The topological polar surface area (TPSA) is 73.0 Å². The zero-order chi connectivity index (χ0) is 16.5. The van der Waals surface area contributed by atoms with Crippen LogP contribution in [0.3, 0.4) is 0 Å². The number of thiazole rings is 1. The van der Waals surface area contributed by atoms with Gasteiger partial charge in [0.1, 0.15) is 5.82 Å². The van der Waals surface area contributed by atoms with E-state index in [1.807, 2.05) is 30.6 Å². The van der Waals surface area contributed by atoms with Gasteiger partial charge in [0.05, 0.1) is 24.1 Å². The quantitative estimate of drug-likeness (QED) is 0.791. The number of nitrogens with one attached hydrogen (secondary N) is 1. The van der Waals surface area contributed by atoms with Gasteiger partial charge in [0, 0.05) is 30.6 Å². The molecule has 1 amide bonds. The van der Waals surface area contributed by atoms with E-state index in [0.29, 0.717) is 6.42 Å². The van der Waals surface area contributed by atoms with Crippen LogP contribution in [-0.4, -0.2) is 26.5 Å². The fourth-order valence-electron chi connectivity index (χ4n) is 3.05. The Kier molecular flexibility index (Phi) is 3.93. The summed E-state index contributed by atoms with van der Waals surface area (Å²) in [5.74, 6) is 1.86. The highest BCUT2D eigenvalue weighted by Crippen LogP contribution is 2.24. The van der Waals surface area contributed by atoms with Gasteiger partial charge in [-0.25, -0.2) is 9.97 Å². The lowest BCUT2D eigenvalue weighted by Crippen LogP contribution is -2.41. The monoisotopic (exact) mass is 342 g/mol. The molecule has 3 aromatic heterocycles. The summed E-state index contributed by atoms with van der Waals surface area (Å²) in [6.07, 6.45) is 5.79. The van der Waals surface area contributed by atoms with Gasteiger partial charge in [-0.05, 0) is 25.5 Å². The smallest absolute Gasteiger partial charge is 0.226 e. The van der Waals surface area contributed by atoms with Crippen LogP contribution in [0.15, 0.2) is 34.4 Å². The van der Waals surface area contributed by atoms with Crippen molar-refractivity contribution in [1.82, 2.24) is 19.9 Å². The van der Waals surface area contributed by atoms with Crippen molar-refractivity contribution in [2.75, 3.05) is 0 Å². The number of carbonyl (C=O) groups excluding carboxylic acids is 1. The predicted octanol–water partition coefficient (Wildman–Crippen LogP) is 2.58. The SMILES string of the molecule is Cc1cn2c(n1)CCC(NC(=O)Cc1csc(-c3ccco3)n1)C2. The van der Waals surface area contributed by atoms with Crippen LogP contribution in [-0.2, 0) is 24.2 Å². The molecule has 0 fully saturated rings. The largest absolute Gasteiger partial charge is 0.462 e. The van der Waals surface area contributed by atoms with Gasteiger partial charge in [0.15, 0.2) is 10.8 Å². The molecule has 0 aliphatic carbocycles. The van der Waals surface area contributed by atoms with Crippen molar-refractivity contribution in [3.05, 3.63) is 47.2 Å². The van der Waals surface area contributed by atoms with E-state index in [9.17, 15) is 4.79 Å². The van der Waals surface area contributed by atoms with Crippen LogP contribution >= 0.6 is 11.3 Å². The molecule has 1 atom stereocenters. The van der Waals surface area contributed by atoms with E-state index in [1.165, 1.54) is 11.3 Å². The summed E-state index contributed by atoms with van der Waals surface area (Å²) >= 11 is 1.49. The second kappa shape index (κ2) is 6.24. The molecule has 4 rings (SSSR count). The van der Waals surface area contributed by atoms with Crippen molar-refractivity contribution >= 4 is 17.2 Å². The molecule has 0 aromatic carbocycles. The minimum absolute atomic E-state index is 0.0107. The van der Waals surface area contributed by atoms with Crippen LogP contribution in [0.2, 0.25) is 0 Å². The summed E-state index contributed by atoms with van der Waals surface area (Å²) in [6.45, 7) is 2.79. The average Bonchev–Trinajstić information content (AvgIpc) is 3.25. The van der Waals surface area contributed by atoms with E-state index in [-0.39, 0.29) is 11.9 Å². The van der Waals surface area contributed by atoms with Crippen molar-refractivity contribution < 1.29 is 9.21 Å². The minimum Gasteiger partial charge on any atom is -0.462 e. The van der Waals surface area contributed by atoms with Gasteiger partial charge in [-0.3, -0.25) is 4.79 Å². The molecule has 1 N–H and O–H groups in total. The number of hydrogen-bond acceptors (Lipinski definition) is 5. The predicted molar refractivity (Wildman–Crippen MR) is 90.7 cm³/mol. The number of hydrogen-bond donors (Lipinski definition) is 1. The van der Waals surface area contributed by atoms with E-state index in [2.05, 4.69) is 19.9 Å². The lowest BCUT2D eigenvalue weighted by atomic mass is 10.1. The van der Waals surface area contributed by atoms with Gasteiger partial charge in [-0.1, -0.05) is 0 Å². The van der Waals surface area contributed by atoms with Crippen molar-refractivity contribution in [3.63, 3.8) is 0 Å². The maximum absolute atomic E-state index is 12.3. The highest BCUT2D eigenvalue weighted by Gasteiger charge is 2.21. The average molecular weight is 342 g/mol. The van der Waals surface area contributed by atoms with E-state index in [1.54, 1.807) is 6.26 Å². The normalized spacial score (nSPS) is 16.8. The third-order valence-corrected chi connectivity index (χ3v) is 5.01. The van der Waals surface area contributed by atoms with E-state index in [4.69, 9.17) is 4.42 Å². The third kappa shape index (κ3) is 3.12. The second-order valence-electron chi connectivity index (χ2n) is 6.05. The third-order valence-electron chi connectivity index (χ3n) is 4.10. The van der Waals surface area contributed by atoms with Gasteiger partial charge in [0.25, 0.3) is 0 Å². The Hall–Kier alpha value is -2.41. The number of amides is 1. The lowest BCUT2D eigenvalue weighted by molar-refractivity contribution is -0.121. The van der Waals surface area contributed by atoms with Crippen LogP contribution in [0, 0.1) is 6.92 Å². The molecule has 1 aliphatic heterocycles. The van der Waals surface area contributed by atoms with Crippen molar-refractivity contribution in [1.29, 1.82) is 0 Å². The lowest BCUT2D eigenvalue weighted by Gasteiger charge is -2.24. The summed E-state index contributed by atoms with van der Waals surface area (Å²) in [5.41, 5.74) is 1.81. The van der Waals surface area contributed by atoms with Gasteiger partial charge < -0.3 is 14.3 Å². The van der Waals surface area contributed by atoms with Gasteiger partial charge in [-0.15, -0.1) is 11.3 Å². The van der Waals surface area contributed by atoms with Crippen LogP contribution in [0.4, 0.5) is 0 Å². The van der Waals surface area contributed by atoms with Crippen LogP contribution in [0.1, 0.15) is 23.6 Å². The highest BCUT2D eigenvalue weighted by molar-refractivity contribution is 7.13. The molecular weight excluding hydrogens is 324 g/mol. The van der Waals surface area contributed by atoms with Crippen molar-refractivity contribution in [3.8, 4) is 10.8 Å². The van der Waals surface area contributed by atoms with Crippen molar-refractivity contribution in [2.45, 2.75) is 38.8 Å². The summed E-state index contributed by atoms with van der Waals surface area (Å²) in [5, 5.41) is 5.83. The minimum atomic E-state index is 0.0107. The molecule has 124 valence electrons. The molecule has 7 heteroatoms. The molecule has 0 saturated heterocycles. The molecular formula is C17H18N4O2S. The molecule has 0 bridgehead atoms. The maximum Gasteiger partial charge on any atom is 0.226 e. The zero-order valence-electron chi connectivity index (χ0n) is 13.4. The van der Waals surface area contributed by atoms with Gasteiger partial charge in [-0.2, -0.15) is 0 Å². The second-order valence-corrected chi connectivity index (χ2v) is 6.91. The summed E-state index contributed by atoms with van der Waals surface area (Å²) < 4.78 is 7.47. The first-order chi connectivity index (χ1) is 11.7. The first kappa shape index (κ1) is 15.1. The number of furan rings is 1. The number of carbonyl (C=O) groups is 1. The molecule has 4 heterocycles. The molecule has 6 nitrogen and oxygen atoms in total. The molecule has 0 saturated carbocycles. The number of aryl methyl sites for hydroxylation is 2. The Morgan fingerprint density at radius 3 is 3.25 bits per heavy atom. The maximum atomic E-state index is 12.3. The van der Waals surface area contributed by atoms with Crippen LogP contribution < -0.4 is 5.32 Å².